The van der Waals surface area contributed by atoms with Crippen LogP contribution in [0.3, 0.4) is 0 Å². The Kier molecular flexibility index (Phi) is 9.48. The van der Waals surface area contributed by atoms with Crippen molar-refractivity contribution in [1.82, 2.24) is 4.98 Å². The molecule has 3 aromatic rings. The summed E-state index contributed by atoms with van der Waals surface area (Å²) in [5, 5.41) is 0. The van der Waals surface area contributed by atoms with E-state index in [1.807, 2.05) is 59.6 Å². The quantitative estimate of drug-likeness (QED) is 0.230. The van der Waals surface area contributed by atoms with Crippen molar-refractivity contribution in [3.05, 3.63) is 78.0 Å². The van der Waals surface area contributed by atoms with Crippen molar-refractivity contribution in [2.75, 3.05) is 43.2 Å². The Labute approximate surface area is 245 Å². The van der Waals surface area contributed by atoms with Crippen molar-refractivity contribution in [3.8, 4) is 11.6 Å². The van der Waals surface area contributed by atoms with E-state index >= 15 is 0 Å². The minimum Gasteiger partial charge on any atom is -0.497 e. The van der Waals surface area contributed by atoms with Gasteiger partial charge in [-0.25, -0.2) is 4.98 Å². The van der Waals surface area contributed by atoms with Gasteiger partial charge in [-0.1, -0.05) is 39.0 Å². The Bertz CT molecular complexity index is 1280. The molecule has 1 aliphatic carbocycles. The maximum absolute atomic E-state index is 14.0. The highest BCUT2D eigenvalue weighted by molar-refractivity contribution is 6.10. The molecule has 1 aliphatic heterocycles. The Balaban J connectivity index is 1.26. The van der Waals surface area contributed by atoms with Gasteiger partial charge in [0, 0.05) is 43.7 Å². The predicted molar refractivity (Wildman–Crippen MR) is 166 cm³/mol. The number of amides is 1. The van der Waals surface area contributed by atoms with Crippen LogP contribution in [0.2, 0.25) is 0 Å². The van der Waals surface area contributed by atoms with Gasteiger partial charge < -0.3 is 19.3 Å². The number of hydrogen-bond acceptors (Lipinski definition) is 5. The number of pyridine rings is 1. The summed E-state index contributed by atoms with van der Waals surface area (Å²) in [5.74, 6) is 3.79. The van der Waals surface area contributed by atoms with Gasteiger partial charge in [0.15, 0.2) is 0 Å². The van der Waals surface area contributed by atoms with Crippen LogP contribution in [-0.4, -0.2) is 44.2 Å². The molecule has 1 saturated heterocycles. The highest BCUT2D eigenvalue weighted by atomic mass is 16.5. The topological polar surface area (TPSA) is 54.9 Å². The van der Waals surface area contributed by atoms with E-state index in [0.717, 1.165) is 54.9 Å². The Morgan fingerprint density at radius 3 is 2.44 bits per heavy atom. The fraction of sp³-hybridized carbons (Fsp3) is 0.486. The predicted octanol–water partition coefficient (Wildman–Crippen LogP) is 7.59. The van der Waals surface area contributed by atoms with Crippen LogP contribution in [0.5, 0.6) is 11.6 Å². The number of para-hydroxylation sites is 1. The second-order valence-corrected chi connectivity index (χ2v) is 12.0. The SMILES string of the molecule is CCC(c1ccnc(OCC2CCN(c3cc(OC)ccc3C(=O)N(CC(C)C)c3ccccc3)CC2)c1)C1CC1. The molecule has 1 unspecified atom stereocenters. The molecule has 2 aromatic carbocycles. The third-order valence-electron chi connectivity index (χ3n) is 8.54. The van der Waals surface area contributed by atoms with Crippen molar-refractivity contribution < 1.29 is 14.3 Å². The second-order valence-electron chi connectivity index (χ2n) is 12.0. The molecule has 0 bridgehead atoms. The first-order valence-electron chi connectivity index (χ1n) is 15.4. The van der Waals surface area contributed by atoms with Gasteiger partial charge in [-0.15, -0.1) is 0 Å². The van der Waals surface area contributed by atoms with E-state index in [4.69, 9.17) is 9.47 Å². The number of hydrogen-bond donors (Lipinski definition) is 0. The lowest BCUT2D eigenvalue weighted by Crippen LogP contribution is -2.39. The van der Waals surface area contributed by atoms with E-state index < -0.39 is 0 Å². The number of ether oxygens (including phenoxy) is 2. The number of carbonyl (C=O) groups is 1. The van der Waals surface area contributed by atoms with E-state index in [2.05, 4.69) is 42.8 Å². The van der Waals surface area contributed by atoms with Gasteiger partial charge in [0.25, 0.3) is 5.91 Å². The highest BCUT2D eigenvalue weighted by Crippen LogP contribution is 2.44. The summed E-state index contributed by atoms with van der Waals surface area (Å²) < 4.78 is 11.8. The lowest BCUT2D eigenvalue weighted by atomic mass is 9.92. The van der Waals surface area contributed by atoms with E-state index in [1.165, 1.54) is 24.8 Å². The molecule has 0 spiro atoms. The van der Waals surface area contributed by atoms with E-state index in [-0.39, 0.29) is 5.91 Å². The second kappa shape index (κ2) is 13.4. The van der Waals surface area contributed by atoms with Gasteiger partial charge in [-0.3, -0.25) is 4.79 Å². The summed E-state index contributed by atoms with van der Waals surface area (Å²) in [6, 6.07) is 20.1. The minimum absolute atomic E-state index is 0.0237. The number of piperidine rings is 1. The first kappa shape index (κ1) is 29.0. The molecule has 0 N–H and O–H groups in total. The van der Waals surface area contributed by atoms with Crippen molar-refractivity contribution in [1.29, 1.82) is 0 Å². The van der Waals surface area contributed by atoms with Gasteiger partial charge in [-0.05, 0) is 91.7 Å². The monoisotopic (exact) mass is 555 g/mol. The third-order valence-corrected chi connectivity index (χ3v) is 8.54. The highest BCUT2D eigenvalue weighted by Gasteiger charge is 2.31. The third kappa shape index (κ3) is 7.22. The number of nitrogens with zero attached hydrogens (tertiary/aromatic N) is 3. The molecule has 6 heteroatoms. The number of carbonyl (C=O) groups excluding carboxylic acids is 1. The summed E-state index contributed by atoms with van der Waals surface area (Å²) in [6.45, 7) is 9.63. The molecule has 2 aliphatic rings. The maximum atomic E-state index is 14.0. The van der Waals surface area contributed by atoms with Crippen molar-refractivity contribution in [3.63, 3.8) is 0 Å². The zero-order valence-corrected chi connectivity index (χ0v) is 25.1. The molecule has 2 heterocycles. The van der Waals surface area contributed by atoms with E-state index in [0.29, 0.717) is 36.5 Å². The number of methoxy groups -OCH3 is 1. The number of aromatic nitrogens is 1. The lowest BCUT2D eigenvalue weighted by Gasteiger charge is -2.35. The van der Waals surface area contributed by atoms with Crippen LogP contribution in [0.1, 0.15) is 74.7 Å². The molecule has 6 nitrogen and oxygen atoms in total. The maximum Gasteiger partial charge on any atom is 0.260 e. The summed E-state index contributed by atoms with van der Waals surface area (Å²) in [6.07, 6.45) is 7.76. The molecule has 2 fully saturated rings. The summed E-state index contributed by atoms with van der Waals surface area (Å²) in [4.78, 5) is 22.8. The van der Waals surface area contributed by atoms with Crippen LogP contribution in [0.15, 0.2) is 66.9 Å². The average Bonchev–Trinajstić information content (AvgIpc) is 3.85. The summed E-state index contributed by atoms with van der Waals surface area (Å²) in [7, 11) is 1.68. The molecular weight excluding hydrogens is 510 g/mol. The zero-order valence-electron chi connectivity index (χ0n) is 25.1. The van der Waals surface area contributed by atoms with Crippen LogP contribution < -0.4 is 19.3 Å². The van der Waals surface area contributed by atoms with Gasteiger partial charge in [0.2, 0.25) is 5.88 Å². The Morgan fingerprint density at radius 2 is 1.78 bits per heavy atom. The molecule has 41 heavy (non-hydrogen) atoms. The average molecular weight is 556 g/mol. The van der Waals surface area contributed by atoms with E-state index in [1.54, 1.807) is 7.11 Å². The van der Waals surface area contributed by atoms with Crippen LogP contribution in [-0.2, 0) is 0 Å². The fourth-order valence-corrected chi connectivity index (χ4v) is 6.12. The van der Waals surface area contributed by atoms with Crippen LogP contribution in [0, 0.1) is 17.8 Å². The normalized spacial score (nSPS) is 16.5. The molecule has 1 saturated carbocycles. The first-order chi connectivity index (χ1) is 20.0. The number of rotatable bonds is 12. The van der Waals surface area contributed by atoms with Gasteiger partial charge in [0.05, 0.1) is 25.0 Å². The molecule has 218 valence electrons. The van der Waals surface area contributed by atoms with Crippen molar-refractivity contribution in [2.45, 2.75) is 58.8 Å². The standard InChI is InChI=1S/C35H45N3O3/c1-5-31(27-11-12-27)28-15-18-36-34(21-28)41-24-26-16-19-37(20-17-26)33-22-30(40-4)13-14-32(33)35(39)38(23-25(2)3)29-9-7-6-8-10-29/h6-10,13-15,18,21-22,25-27,31H,5,11-12,16-17,19-20,23-24H2,1-4H3. The first-order valence-corrected chi connectivity index (χ1v) is 15.4. The van der Waals surface area contributed by atoms with Gasteiger partial charge in [-0.2, -0.15) is 0 Å². The largest absolute Gasteiger partial charge is 0.497 e. The molecule has 0 radical (unpaired) electrons. The molecule has 1 amide bonds. The minimum atomic E-state index is 0.0237. The molecule has 5 rings (SSSR count). The van der Waals surface area contributed by atoms with Gasteiger partial charge in [0.1, 0.15) is 5.75 Å². The van der Waals surface area contributed by atoms with Crippen molar-refractivity contribution in [2.24, 2.45) is 17.8 Å². The Hall–Kier alpha value is -3.54. The van der Waals surface area contributed by atoms with E-state index in [9.17, 15) is 4.79 Å². The lowest BCUT2D eigenvalue weighted by molar-refractivity contribution is 0.0984. The smallest absolute Gasteiger partial charge is 0.260 e. The van der Waals surface area contributed by atoms with Crippen LogP contribution in [0.25, 0.3) is 0 Å². The summed E-state index contributed by atoms with van der Waals surface area (Å²) >= 11 is 0. The molecule has 1 aromatic heterocycles. The summed E-state index contributed by atoms with van der Waals surface area (Å²) in [5.41, 5.74) is 3.95. The van der Waals surface area contributed by atoms with Crippen molar-refractivity contribution >= 4 is 17.3 Å². The number of benzene rings is 2. The molecular formula is C35H45N3O3. The zero-order chi connectivity index (χ0) is 28.8. The molecule has 1 atom stereocenters. The van der Waals surface area contributed by atoms with Gasteiger partial charge >= 0.3 is 0 Å². The van der Waals surface area contributed by atoms with Crippen LogP contribution in [0.4, 0.5) is 11.4 Å². The number of anilines is 2. The fourth-order valence-electron chi connectivity index (χ4n) is 6.12. The van der Waals surface area contributed by atoms with Crippen LogP contribution >= 0.6 is 0 Å². The Morgan fingerprint density at radius 1 is 1.02 bits per heavy atom.